The van der Waals surface area contributed by atoms with Crippen LogP contribution in [0.15, 0.2) is 36.8 Å². The highest BCUT2D eigenvalue weighted by Crippen LogP contribution is 2.16. The minimum atomic E-state index is 0.0390. The van der Waals surface area contributed by atoms with Gasteiger partial charge in [0.1, 0.15) is 0 Å². The summed E-state index contributed by atoms with van der Waals surface area (Å²) in [5, 5.41) is 7.34. The Morgan fingerprint density at radius 3 is 2.88 bits per heavy atom. The van der Waals surface area contributed by atoms with Crippen LogP contribution in [0, 0.1) is 0 Å². The normalized spacial score (nSPS) is 18.2. The van der Waals surface area contributed by atoms with E-state index in [1.807, 2.05) is 29.1 Å². The standard InChI is InChI=1S/C19H27N5O/c1-16-4-2-3-12-23(16)13-9-19(25)21-18-8-15-24(22-18)14-7-17-5-10-20-11-6-17/h5-6,8,10-11,15-16H,2-4,7,9,12-14H2,1H3,(H,21,22,25)/t16-/m1/s1. The number of carbonyl (C=O) groups is 1. The zero-order valence-electron chi connectivity index (χ0n) is 14.9. The first-order valence-electron chi connectivity index (χ1n) is 9.17. The van der Waals surface area contributed by atoms with Gasteiger partial charge in [0.2, 0.25) is 5.91 Å². The Labute approximate surface area is 149 Å². The number of rotatable bonds is 7. The molecule has 25 heavy (non-hydrogen) atoms. The molecule has 0 aromatic carbocycles. The second-order valence-corrected chi connectivity index (χ2v) is 6.75. The van der Waals surface area contributed by atoms with Crippen LogP contribution >= 0.6 is 0 Å². The van der Waals surface area contributed by atoms with Gasteiger partial charge in [-0.2, -0.15) is 5.10 Å². The van der Waals surface area contributed by atoms with Crippen molar-refractivity contribution in [3.8, 4) is 0 Å². The number of anilines is 1. The highest BCUT2D eigenvalue weighted by molar-refractivity contribution is 5.89. The minimum Gasteiger partial charge on any atom is -0.309 e. The molecule has 0 spiro atoms. The molecule has 6 heteroatoms. The van der Waals surface area contributed by atoms with Gasteiger partial charge >= 0.3 is 0 Å². The van der Waals surface area contributed by atoms with E-state index in [1.165, 1.54) is 24.8 Å². The van der Waals surface area contributed by atoms with Crippen LogP contribution in [0.25, 0.3) is 0 Å². The number of nitrogens with one attached hydrogen (secondary N) is 1. The highest BCUT2D eigenvalue weighted by Gasteiger charge is 2.18. The predicted octanol–water partition coefficient (Wildman–Crippen LogP) is 2.72. The van der Waals surface area contributed by atoms with Crippen LogP contribution < -0.4 is 5.32 Å². The summed E-state index contributed by atoms with van der Waals surface area (Å²) in [6, 6.07) is 6.46. The quantitative estimate of drug-likeness (QED) is 0.841. The lowest BCUT2D eigenvalue weighted by Gasteiger charge is -2.32. The summed E-state index contributed by atoms with van der Waals surface area (Å²) >= 11 is 0. The number of aromatic nitrogens is 3. The summed E-state index contributed by atoms with van der Waals surface area (Å²) in [5.74, 6) is 0.670. The predicted molar refractivity (Wildman–Crippen MR) is 98.3 cm³/mol. The molecule has 3 rings (SSSR count). The third-order valence-corrected chi connectivity index (χ3v) is 4.85. The van der Waals surface area contributed by atoms with Gasteiger partial charge in [0, 0.05) is 50.2 Å². The van der Waals surface area contributed by atoms with Gasteiger partial charge in [-0.1, -0.05) is 6.42 Å². The van der Waals surface area contributed by atoms with Crippen molar-refractivity contribution in [1.29, 1.82) is 0 Å². The van der Waals surface area contributed by atoms with E-state index in [2.05, 4.69) is 27.2 Å². The van der Waals surface area contributed by atoms with Gasteiger partial charge in [-0.25, -0.2) is 0 Å². The molecular weight excluding hydrogens is 314 g/mol. The number of nitrogens with zero attached hydrogens (tertiary/aromatic N) is 4. The molecule has 0 unspecified atom stereocenters. The maximum Gasteiger partial charge on any atom is 0.226 e. The second kappa shape index (κ2) is 8.76. The monoisotopic (exact) mass is 341 g/mol. The van der Waals surface area contributed by atoms with E-state index in [0.717, 1.165) is 26.1 Å². The third kappa shape index (κ3) is 5.39. The number of pyridine rings is 1. The number of likely N-dealkylation sites (tertiary alicyclic amines) is 1. The van der Waals surface area contributed by atoms with Crippen LogP contribution in [0.1, 0.15) is 38.2 Å². The number of amides is 1. The fourth-order valence-electron chi connectivity index (χ4n) is 3.29. The molecule has 1 aliphatic rings. The molecule has 3 heterocycles. The van der Waals surface area contributed by atoms with Gasteiger partial charge in [-0.3, -0.25) is 14.5 Å². The summed E-state index contributed by atoms with van der Waals surface area (Å²) in [7, 11) is 0. The Kier molecular flexibility index (Phi) is 6.17. The summed E-state index contributed by atoms with van der Waals surface area (Å²) in [5.41, 5.74) is 1.23. The topological polar surface area (TPSA) is 63.1 Å². The zero-order valence-corrected chi connectivity index (χ0v) is 14.9. The van der Waals surface area contributed by atoms with Crippen molar-refractivity contribution in [3.05, 3.63) is 42.4 Å². The van der Waals surface area contributed by atoms with Crippen LogP contribution in [0.5, 0.6) is 0 Å². The summed E-state index contributed by atoms with van der Waals surface area (Å²) in [6.45, 7) is 4.97. The van der Waals surface area contributed by atoms with Gasteiger partial charge in [0.15, 0.2) is 5.82 Å². The van der Waals surface area contributed by atoms with E-state index in [-0.39, 0.29) is 5.91 Å². The van der Waals surface area contributed by atoms with Gasteiger partial charge in [0.25, 0.3) is 0 Å². The van der Waals surface area contributed by atoms with Crippen molar-refractivity contribution >= 4 is 11.7 Å². The summed E-state index contributed by atoms with van der Waals surface area (Å²) in [4.78, 5) is 18.6. The molecule has 1 atom stereocenters. The second-order valence-electron chi connectivity index (χ2n) is 6.75. The average Bonchev–Trinajstić information content (AvgIpc) is 3.07. The lowest BCUT2D eigenvalue weighted by molar-refractivity contribution is -0.116. The van der Waals surface area contributed by atoms with E-state index >= 15 is 0 Å². The number of hydrogen-bond donors (Lipinski definition) is 1. The maximum atomic E-state index is 12.2. The average molecular weight is 341 g/mol. The van der Waals surface area contributed by atoms with Crippen LogP contribution in [0.2, 0.25) is 0 Å². The molecule has 2 aromatic rings. The Balaban J connectivity index is 1.42. The number of carbonyl (C=O) groups excluding carboxylic acids is 1. The summed E-state index contributed by atoms with van der Waals surface area (Å²) < 4.78 is 1.86. The first-order valence-corrected chi connectivity index (χ1v) is 9.17. The molecule has 2 aromatic heterocycles. The molecule has 0 bridgehead atoms. The Morgan fingerprint density at radius 1 is 1.24 bits per heavy atom. The molecule has 0 saturated carbocycles. The fourth-order valence-corrected chi connectivity index (χ4v) is 3.29. The third-order valence-electron chi connectivity index (χ3n) is 4.85. The maximum absolute atomic E-state index is 12.2. The number of hydrogen-bond acceptors (Lipinski definition) is 4. The zero-order chi connectivity index (χ0) is 17.5. The van der Waals surface area contributed by atoms with E-state index in [0.29, 0.717) is 18.3 Å². The Morgan fingerprint density at radius 2 is 2.08 bits per heavy atom. The van der Waals surface area contributed by atoms with Gasteiger partial charge in [-0.15, -0.1) is 0 Å². The molecule has 1 fully saturated rings. The minimum absolute atomic E-state index is 0.0390. The van der Waals surface area contributed by atoms with Crippen molar-refractivity contribution < 1.29 is 4.79 Å². The van der Waals surface area contributed by atoms with Crippen molar-refractivity contribution in [3.63, 3.8) is 0 Å². The summed E-state index contributed by atoms with van der Waals surface area (Å²) in [6.07, 6.45) is 10.7. The Hall–Kier alpha value is -2.21. The molecule has 134 valence electrons. The molecule has 0 aliphatic carbocycles. The number of piperidine rings is 1. The molecule has 1 aliphatic heterocycles. The van der Waals surface area contributed by atoms with Crippen LogP contribution in [-0.4, -0.2) is 44.7 Å². The molecule has 0 radical (unpaired) electrons. The Bertz CT molecular complexity index is 669. The van der Waals surface area contributed by atoms with Crippen molar-refractivity contribution in [2.75, 3.05) is 18.4 Å². The van der Waals surface area contributed by atoms with Crippen molar-refractivity contribution in [2.24, 2.45) is 0 Å². The van der Waals surface area contributed by atoms with E-state index in [1.54, 1.807) is 12.4 Å². The first kappa shape index (κ1) is 17.6. The SMILES string of the molecule is C[C@@H]1CCCCN1CCC(=O)Nc1ccn(CCc2ccncc2)n1. The van der Waals surface area contributed by atoms with Crippen LogP contribution in [0.3, 0.4) is 0 Å². The molecular formula is C19H27N5O. The van der Waals surface area contributed by atoms with Crippen LogP contribution in [0.4, 0.5) is 5.82 Å². The van der Waals surface area contributed by atoms with Crippen molar-refractivity contribution in [1.82, 2.24) is 19.7 Å². The van der Waals surface area contributed by atoms with E-state index < -0.39 is 0 Å². The lowest BCUT2D eigenvalue weighted by Crippen LogP contribution is -2.39. The van der Waals surface area contributed by atoms with Crippen molar-refractivity contribution in [2.45, 2.75) is 51.6 Å². The number of aryl methyl sites for hydroxylation is 2. The molecule has 1 amide bonds. The van der Waals surface area contributed by atoms with Gasteiger partial charge < -0.3 is 10.2 Å². The largest absolute Gasteiger partial charge is 0.309 e. The molecule has 1 saturated heterocycles. The van der Waals surface area contributed by atoms with Crippen LogP contribution in [-0.2, 0) is 17.8 Å². The first-order chi connectivity index (χ1) is 12.2. The van der Waals surface area contributed by atoms with E-state index in [4.69, 9.17) is 0 Å². The smallest absolute Gasteiger partial charge is 0.226 e. The fraction of sp³-hybridized carbons (Fsp3) is 0.526. The van der Waals surface area contributed by atoms with Gasteiger partial charge in [-0.05, 0) is 50.4 Å². The van der Waals surface area contributed by atoms with Gasteiger partial charge in [0.05, 0.1) is 0 Å². The highest BCUT2D eigenvalue weighted by atomic mass is 16.1. The van der Waals surface area contributed by atoms with E-state index in [9.17, 15) is 4.79 Å². The lowest BCUT2D eigenvalue weighted by atomic mass is 10.0. The molecule has 1 N–H and O–H groups in total. The molecule has 6 nitrogen and oxygen atoms in total.